The summed E-state index contributed by atoms with van der Waals surface area (Å²) in [5.41, 5.74) is 0. The summed E-state index contributed by atoms with van der Waals surface area (Å²) in [6.45, 7) is 5.65. The van der Waals surface area contributed by atoms with E-state index in [2.05, 4.69) is 13.8 Å². The number of carbonyl (C=O) groups excluding carboxylic acids is 1. The lowest BCUT2D eigenvalue weighted by Gasteiger charge is -2.32. The first kappa shape index (κ1) is 14.0. The highest BCUT2D eigenvalue weighted by Gasteiger charge is 2.24. The first-order valence-electron chi connectivity index (χ1n) is 6.52. The number of nitrogens with zero attached hydrogens (tertiary/aromatic N) is 1. The van der Waals surface area contributed by atoms with Crippen LogP contribution < -0.4 is 0 Å². The van der Waals surface area contributed by atoms with Crippen molar-refractivity contribution in [3.8, 4) is 0 Å². The zero-order valence-electron chi connectivity index (χ0n) is 10.8. The van der Waals surface area contributed by atoms with Crippen molar-refractivity contribution in [2.24, 2.45) is 11.8 Å². The van der Waals surface area contributed by atoms with E-state index in [9.17, 15) is 9.59 Å². The molecule has 98 valence electrons. The molecule has 1 aliphatic heterocycles. The molecular formula is C13H23NO3. The topological polar surface area (TPSA) is 57.6 Å². The number of carboxylic acids is 1. The van der Waals surface area contributed by atoms with E-state index < -0.39 is 5.97 Å². The van der Waals surface area contributed by atoms with Crippen LogP contribution in [0.2, 0.25) is 0 Å². The van der Waals surface area contributed by atoms with Gasteiger partial charge in [0.1, 0.15) is 0 Å². The summed E-state index contributed by atoms with van der Waals surface area (Å²) in [5.74, 6) is 0.196. The average molecular weight is 241 g/mol. The molecular weight excluding hydrogens is 218 g/mol. The SMILES string of the molecule is CC[C@@H](C)CC(=O)N1CCC(CC(=O)O)CC1. The molecule has 1 rings (SSSR count). The molecule has 1 atom stereocenters. The van der Waals surface area contributed by atoms with Crippen molar-refractivity contribution in [1.29, 1.82) is 0 Å². The third kappa shape index (κ3) is 4.75. The van der Waals surface area contributed by atoms with Gasteiger partial charge in [0.05, 0.1) is 0 Å². The minimum Gasteiger partial charge on any atom is -0.481 e. The number of rotatable bonds is 5. The summed E-state index contributed by atoms with van der Waals surface area (Å²) in [6.07, 6.45) is 3.56. The van der Waals surface area contributed by atoms with Gasteiger partial charge < -0.3 is 10.0 Å². The van der Waals surface area contributed by atoms with Gasteiger partial charge >= 0.3 is 5.97 Å². The minimum atomic E-state index is -0.727. The molecule has 0 aromatic carbocycles. The van der Waals surface area contributed by atoms with Crippen LogP contribution in [0.25, 0.3) is 0 Å². The molecule has 1 aliphatic rings. The highest BCUT2D eigenvalue weighted by atomic mass is 16.4. The van der Waals surface area contributed by atoms with Crippen LogP contribution in [-0.4, -0.2) is 35.0 Å². The van der Waals surface area contributed by atoms with E-state index in [4.69, 9.17) is 5.11 Å². The van der Waals surface area contributed by atoms with Gasteiger partial charge in [-0.2, -0.15) is 0 Å². The normalized spacial score (nSPS) is 19.1. The first-order chi connectivity index (χ1) is 8.02. The van der Waals surface area contributed by atoms with Crippen LogP contribution in [0.15, 0.2) is 0 Å². The monoisotopic (exact) mass is 241 g/mol. The van der Waals surface area contributed by atoms with Crippen LogP contribution in [0.4, 0.5) is 0 Å². The smallest absolute Gasteiger partial charge is 0.303 e. The van der Waals surface area contributed by atoms with Crippen molar-refractivity contribution >= 4 is 11.9 Å². The molecule has 17 heavy (non-hydrogen) atoms. The standard InChI is InChI=1S/C13H23NO3/c1-3-10(2)8-12(15)14-6-4-11(5-7-14)9-13(16)17/h10-11H,3-9H2,1-2H3,(H,16,17)/t10-/m1/s1. The third-order valence-corrected chi connectivity index (χ3v) is 3.65. The maximum Gasteiger partial charge on any atom is 0.303 e. The van der Waals surface area contributed by atoms with Crippen molar-refractivity contribution in [2.75, 3.05) is 13.1 Å². The number of amides is 1. The Morgan fingerprint density at radius 3 is 2.41 bits per heavy atom. The van der Waals surface area contributed by atoms with Gasteiger partial charge in [-0.15, -0.1) is 0 Å². The Bertz CT molecular complexity index is 270. The van der Waals surface area contributed by atoms with E-state index in [1.807, 2.05) is 4.90 Å². The second kappa shape index (κ2) is 6.62. The number of likely N-dealkylation sites (tertiary alicyclic amines) is 1. The van der Waals surface area contributed by atoms with Crippen molar-refractivity contribution < 1.29 is 14.7 Å². The third-order valence-electron chi connectivity index (χ3n) is 3.65. The molecule has 0 unspecified atom stereocenters. The molecule has 1 fully saturated rings. The molecule has 1 amide bonds. The molecule has 0 saturated carbocycles. The summed E-state index contributed by atoms with van der Waals surface area (Å²) in [7, 11) is 0. The molecule has 0 spiro atoms. The Morgan fingerprint density at radius 2 is 1.94 bits per heavy atom. The van der Waals surface area contributed by atoms with E-state index in [1.54, 1.807) is 0 Å². The van der Waals surface area contributed by atoms with Crippen molar-refractivity contribution in [3.05, 3.63) is 0 Å². The highest BCUT2D eigenvalue weighted by molar-refractivity contribution is 5.76. The lowest BCUT2D eigenvalue weighted by atomic mass is 9.93. The first-order valence-corrected chi connectivity index (χ1v) is 6.52. The Labute approximate surface area is 103 Å². The second-order valence-corrected chi connectivity index (χ2v) is 5.14. The van der Waals surface area contributed by atoms with Gasteiger partial charge in [0.25, 0.3) is 0 Å². The van der Waals surface area contributed by atoms with Crippen molar-refractivity contribution in [2.45, 2.75) is 46.0 Å². The van der Waals surface area contributed by atoms with Gasteiger partial charge in [-0.1, -0.05) is 20.3 Å². The van der Waals surface area contributed by atoms with Crippen molar-refractivity contribution in [1.82, 2.24) is 4.90 Å². The fourth-order valence-electron chi connectivity index (χ4n) is 2.20. The van der Waals surface area contributed by atoms with Gasteiger partial charge in [-0.3, -0.25) is 9.59 Å². The van der Waals surface area contributed by atoms with E-state index in [1.165, 1.54) is 0 Å². The molecule has 1 heterocycles. The Hall–Kier alpha value is -1.06. The maximum atomic E-state index is 11.9. The molecule has 0 aromatic rings. The van der Waals surface area contributed by atoms with Crippen LogP contribution in [-0.2, 0) is 9.59 Å². The fourth-order valence-corrected chi connectivity index (χ4v) is 2.20. The van der Waals surface area contributed by atoms with E-state index in [0.29, 0.717) is 12.3 Å². The molecule has 0 aliphatic carbocycles. The number of hydrogen-bond acceptors (Lipinski definition) is 2. The zero-order chi connectivity index (χ0) is 12.8. The summed E-state index contributed by atoms with van der Waals surface area (Å²) in [6, 6.07) is 0. The number of carbonyl (C=O) groups is 2. The maximum absolute atomic E-state index is 11.9. The quantitative estimate of drug-likeness (QED) is 0.802. The van der Waals surface area contributed by atoms with E-state index >= 15 is 0 Å². The van der Waals surface area contributed by atoms with Crippen LogP contribution in [0, 0.1) is 11.8 Å². The van der Waals surface area contributed by atoms with Gasteiger partial charge in [0, 0.05) is 25.9 Å². The van der Waals surface area contributed by atoms with Gasteiger partial charge in [-0.05, 0) is 24.7 Å². The van der Waals surface area contributed by atoms with Crippen LogP contribution in [0.3, 0.4) is 0 Å². The average Bonchev–Trinajstić information content (AvgIpc) is 2.28. The molecule has 0 radical (unpaired) electrons. The van der Waals surface area contributed by atoms with Crippen LogP contribution in [0.5, 0.6) is 0 Å². The number of carboxylic acid groups (broad SMARTS) is 1. The molecule has 0 aromatic heterocycles. The molecule has 4 nitrogen and oxygen atoms in total. The number of hydrogen-bond donors (Lipinski definition) is 1. The number of piperidine rings is 1. The molecule has 1 saturated heterocycles. The predicted molar refractivity (Wildman–Crippen MR) is 65.6 cm³/mol. The molecule has 1 N–H and O–H groups in total. The Balaban J connectivity index is 2.31. The van der Waals surface area contributed by atoms with Gasteiger partial charge in [0.15, 0.2) is 0 Å². The fraction of sp³-hybridized carbons (Fsp3) is 0.846. The highest BCUT2D eigenvalue weighted by Crippen LogP contribution is 2.21. The van der Waals surface area contributed by atoms with E-state index in [0.717, 1.165) is 32.4 Å². The van der Waals surface area contributed by atoms with Crippen LogP contribution >= 0.6 is 0 Å². The largest absolute Gasteiger partial charge is 0.481 e. The Kier molecular flexibility index (Phi) is 5.45. The predicted octanol–water partition coefficient (Wildman–Crippen LogP) is 2.14. The number of aliphatic carboxylic acids is 1. The van der Waals surface area contributed by atoms with Crippen LogP contribution in [0.1, 0.15) is 46.0 Å². The Morgan fingerprint density at radius 1 is 1.35 bits per heavy atom. The summed E-state index contributed by atoms with van der Waals surface area (Å²) in [5, 5.41) is 8.71. The molecule has 0 bridgehead atoms. The minimum absolute atomic E-state index is 0.230. The summed E-state index contributed by atoms with van der Waals surface area (Å²) in [4.78, 5) is 24.4. The second-order valence-electron chi connectivity index (χ2n) is 5.14. The molecule has 4 heteroatoms. The lowest BCUT2D eigenvalue weighted by molar-refractivity contribution is -0.138. The van der Waals surface area contributed by atoms with E-state index in [-0.39, 0.29) is 18.2 Å². The van der Waals surface area contributed by atoms with Gasteiger partial charge in [-0.25, -0.2) is 0 Å². The summed E-state index contributed by atoms with van der Waals surface area (Å²) < 4.78 is 0. The van der Waals surface area contributed by atoms with Gasteiger partial charge in [0.2, 0.25) is 5.91 Å². The van der Waals surface area contributed by atoms with Crippen molar-refractivity contribution in [3.63, 3.8) is 0 Å². The zero-order valence-corrected chi connectivity index (χ0v) is 10.8. The summed E-state index contributed by atoms with van der Waals surface area (Å²) >= 11 is 0. The lowest BCUT2D eigenvalue weighted by Crippen LogP contribution is -2.39.